The van der Waals surface area contributed by atoms with Crippen molar-refractivity contribution in [1.82, 2.24) is 4.57 Å². The maximum Gasteiger partial charge on any atom is 0.338 e. The van der Waals surface area contributed by atoms with Crippen LogP contribution in [0.25, 0.3) is 17.4 Å². The normalized spacial score (nSPS) is 15.0. The highest BCUT2D eigenvalue weighted by molar-refractivity contribution is 7.07. The number of carbonyl (C=O) groups is 1. The van der Waals surface area contributed by atoms with Gasteiger partial charge in [-0.3, -0.25) is 19.5 Å². The van der Waals surface area contributed by atoms with Crippen LogP contribution in [0.3, 0.4) is 0 Å². The molecular formula is C30H27N3O7S. The summed E-state index contributed by atoms with van der Waals surface area (Å²) in [6.45, 7) is 7.14. The summed E-state index contributed by atoms with van der Waals surface area (Å²) in [6.07, 6.45) is 1.61. The van der Waals surface area contributed by atoms with Gasteiger partial charge in [-0.05, 0) is 69.2 Å². The predicted octanol–water partition coefficient (Wildman–Crippen LogP) is 4.59. The number of rotatable bonds is 7. The highest BCUT2D eigenvalue weighted by Crippen LogP contribution is 2.33. The molecule has 11 heteroatoms. The molecule has 5 rings (SSSR count). The van der Waals surface area contributed by atoms with Gasteiger partial charge >= 0.3 is 5.97 Å². The molecule has 41 heavy (non-hydrogen) atoms. The monoisotopic (exact) mass is 573 g/mol. The number of thiazole rings is 1. The summed E-state index contributed by atoms with van der Waals surface area (Å²) in [4.78, 5) is 43.0. The van der Waals surface area contributed by atoms with Gasteiger partial charge in [-0.1, -0.05) is 23.5 Å². The van der Waals surface area contributed by atoms with E-state index in [-0.39, 0.29) is 23.4 Å². The number of hydrogen-bond donors (Lipinski definition) is 0. The fourth-order valence-electron chi connectivity index (χ4n) is 4.78. The number of fused-ring (bicyclic) bond motifs is 1. The number of ether oxygens (including phenoxy) is 2. The summed E-state index contributed by atoms with van der Waals surface area (Å²) in [6, 6.07) is 13.1. The molecule has 1 atom stereocenters. The van der Waals surface area contributed by atoms with Crippen molar-refractivity contribution in [3.05, 3.63) is 112 Å². The largest absolute Gasteiger partial charge is 0.497 e. The van der Waals surface area contributed by atoms with E-state index < -0.39 is 16.9 Å². The number of furan rings is 1. The molecule has 0 radical (unpaired) electrons. The molecule has 10 nitrogen and oxygen atoms in total. The Morgan fingerprint density at radius 1 is 1.17 bits per heavy atom. The molecule has 3 heterocycles. The minimum absolute atomic E-state index is 0.0116. The van der Waals surface area contributed by atoms with E-state index in [2.05, 4.69) is 4.99 Å². The Morgan fingerprint density at radius 2 is 1.90 bits per heavy atom. The average Bonchev–Trinajstić information content (AvgIpc) is 3.53. The van der Waals surface area contributed by atoms with Crippen molar-refractivity contribution < 1.29 is 23.6 Å². The Hall–Kier alpha value is -4.77. The number of aromatic nitrogens is 1. The smallest absolute Gasteiger partial charge is 0.338 e. The first-order valence-corrected chi connectivity index (χ1v) is 13.6. The van der Waals surface area contributed by atoms with Crippen LogP contribution in [0.2, 0.25) is 0 Å². The van der Waals surface area contributed by atoms with Gasteiger partial charge in [0.05, 0.1) is 40.5 Å². The molecule has 0 spiro atoms. The highest BCUT2D eigenvalue weighted by Gasteiger charge is 2.33. The second kappa shape index (κ2) is 11.0. The molecule has 1 aliphatic rings. The van der Waals surface area contributed by atoms with E-state index in [1.807, 2.05) is 13.0 Å². The number of esters is 1. The zero-order valence-electron chi connectivity index (χ0n) is 23.1. The fraction of sp³-hybridized carbons (Fsp3) is 0.233. The summed E-state index contributed by atoms with van der Waals surface area (Å²) in [7, 11) is 1.56. The fourth-order valence-corrected chi connectivity index (χ4v) is 5.81. The Balaban J connectivity index is 1.62. The van der Waals surface area contributed by atoms with E-state index in [0.717, 1.165) is 5.56 Å². The molecular weight excluding hydrogens is 546 g/mol. The molecule has 0 saturated heterocycles. The predicted molar refractivity (Wildman–Crippen MR) is 154 cm³/mol. The summed E-state index contributed by atoms with van der Waals surface area (Å²) in [5.74, 6) is 0.935. The second-order valence-corrected chi connectivity index (χ2v) is 10.5. The molecule has 0 bridgehead atoms. The zero-order chi connectivity index (χ0) is 29.4. The lowest BCUT2D eigenvalue weighted by Crippen LogP contribution is -2.39. The first-order valence-electron chi connectivity index (χ1n) is 12.8. The number of aryl methyl sites for hydroxylation is 1. The van der Waals surface area contributed by atoms with Crippen molar-refractivity contribution in [3.8, 4) is 17.1 Å². The van der Waals surface area contributed by atoms with Gasteiger partial charge in [0.2, 0.25) is 0 Å². The van der Waals surface area contributed by atoms with Crippen molar-refractivity contribution in [1.29, 1.82) is 0 Å². The van der Waals surface area contributed by atoms with Gasteiger partial charge in [0.1, 0.15) is 17.3 Å². The van der Waals surface area contributed by atoms with E-state index in [9.17, 15) is 19.7 Å². The maximum absolute atomic E-state index is 13.8. The van der Waals surface area contributed by atoms with E-state index in [0.29, 0.717) is 49.0 Å². The number of hydrogen-bond acceptors (Lipinski definition) is 9. The lowest BCUT2D eigenvalue weighted by molar-refractivity contribution is -0.385. The highest BCUT2D eigenvalue weighted by atomic mass is 32.1. The van der Waals surface area contributed by atoms with Crippen LogP contribution in [0.15, 0.2) is 74.0 Å². The Labute approximate surface area is 238 Å². The summed E-state index contributed by atoms with van der Waals surface area (Å²) < 4.78 is 18.5. The number of allylic oxidation sites excluding steroid dienone is 1. The number of nitrogens with zero attached hydrogens (tertiary/aromatic N) is 3. The third kappa shape index (κ3) is 5.11. The minimum atomic E-state index is -0.749. The van der Waals surface area contributed by atoms with E-state index >= 15 is 0 Å². The molecule has 1 aliphatic heterocycles. The minimum Gasteiger partial charge on any atom is -0.497 e. The van der Waals surface area contributed by atoms with E-state index in [4.69, 9.17) is 13.9 Å². The van der Waals surface area contributed by atoms with Crippen LogP contribution in [0, 0.1) is 24.0 Å². The molecule has 2 aromatic carbocycles. The van der Waals surface area contributed by atoms with Gasteiger partial charge in [-0.25, -0.2) is 9.79 Å². The van der Waals surface area contributed by atoms with Gasteiger partial charge in [-0.2, -0.15) is 0 Å². The number of benzene rings is 2. The Morgan fingerprint density at radius 3 is 2.56 bits per heavy atom. The molecule has 0 saturated carbocycles. The van der Waals surface area contributed by atoms with Crippen molar-refractivity contribution in [2.45, 2.75) is 33.7 Å². The molecule has 0 N–H and O–H groups in total. The zero-order valence-corrected chi connectivity index (χ0v) is 23.9. The van der Waals surface area contributed by atoms with Crippen molar-refractivity contribution >= 4 is 29.1 Å². The van der Waals surface area contributed by atoms with Crippen LogP contribution in [0.5, 0.6) is 5.75 Å². The summed E-state index contributed by atoms with van der Waals surface area (Å²) in [5, 5.41) is 11.5. The standard InChI is InChI=1S/C30H27N3O7S/c1-6-39-29(35)26-18(4)31-30-32(27(26)19-7-9-21(38-5)10-8-19)28(34)25(41-30)15-22-11-12-24(40-22)20-13-16(2)17(3)23(14-20)33(36)37/h7-15,27H,6H2,1-5H3/b25-15-/t27-/m0/s1. The lowest BCUT2D eigenvalue weighted by atomic mass is 9.96. The van der Waals surface area contributed by atoms with Gasteiger partial charge in [0.15, 0.2) is 4.80 Å². The van der Waals surface area contributed by atoms with Crippen LogP contribution in [0.4, 0.5) is 5.69 Å². The third-order valence-corrected chi connectivity index (χ3v) is 7.95. The Bertz CT molecular complexity index is 1900. The van der Waals surface area contributed by atoms with Gasteiger partial charge in [-0.15, -0.1) is 0 Å². The van der Waals surface area contributed by atoms with Crippen LogP contribution >= 0.6 is 11.3 Å². The molecule has 2 aromatic heterocycles. The van der Waals surface area contributed by atoms with Crippen molar-refractivity contribution in [2.75, 3.05) is 13.7 Å². The lowest BCUT2D eigenvalue weighted by Gasteiger charge is -2.24. The van der Waals surface area contributed by atoms with E-state index in [1.165, 1.54) is 22.0 Å². The van der Waals surface area contributed by atoms with Crippen LogP contribution in [-0.4, -0.2) is 29.2 Å². The van der Waals surface area contributed by atoms with Crippen LogP contribution in [-0.2, 0) is 9.53 Å². The molecule has 0 unspecified atom stereocenters. The van der Waals surface area contributed by atoms with Crippen LogP contribution < -0.4 is 19.6 Å². The quantitative estimate of drug-likeness (QED) is 0.180. The molecule has 4 aromatic rings. The second-order valence-electron chi connectivity index (χ2n) is 9.47. The van der Waals surface area contributed by atoms with Gasteiger partial charge in [0.25, 0.3) is 11.2 Å². The average molecular weight is 574 g/mol. The molecule has 0 aliphatic carbocycles. The number of methoxy groups -OCH3 is 1. The van der Waals surface area contributed by atoms with Gasteiger partial charge < -0.3 is 13.9 Å². The van der Waals surface area contributed by atoms with E-state index in [1.54, 1.807) is 70.4 Å². The third-order valence-electron chi connectivity index (χ3n) is 6.97. The summed E-state index contributed by atoms with van der Waals surface area (Å²) >= 11 is 1.18. The number of carbonyl (C=O) groups excluding carboxylic acids is 1. The van der Waals surface area contributed by atoms with Crippen molar-refractivity contribution in [2.24, 2.45) is 4.99 Å². The SMILES string of the molecule is CCOC(=O)C1=C(C)N=c2s/c(=C\c3ccc(-c4cc(C)c(C)c([N+](=O)[O-])c4)o3)c(=O)n2[C@H]1c1ccc(OC)cc1. The van der Waals surface area contributed by atoms with Gasteiger partial charge in [0, 0.05) is 23.3 Å². The molecule has 0 fully saturated rings. The number of nitro benzene ring substituents is 1. The van der Waals surface area contributed by atoms with Crippen molar-refractivity contribution in [3.63, 3.8) is 0 Å². The summed E-state index contributed by atoms with van der Waals surface area (Å²) in [5.41, 5.74) is 3.05. The Kier molecular flexibility index (Phi) is 7.46. The molecule has 0 amide bonds. The topological polar surface area (TPSA) is 126 Å². The first-order chi connectivity index (χ1) is 19.6. The maximum atomic E-state index is 13.8. The molecule has 210 valence electrons. The van der Waals surface area contributed by atoms with Crippen LogP contribution in [0.1, 0.15) is 42.3 Å². The first kappa shape index (κ1) is 27.8. The number of nitro groups is 1.